The van der Waals surface area contributed by atoms with Crippen molar-refractivity contribution < 1.29 is 13.9 Å². The van der Waals surface area contributed by atoms with E-state index in [4.69, 9.17) is 4.74 Å². The molecule has 0 saturated heterocycles. The molecule has 1 amide bonds. The zero-order chi connectivity index (χ0) is 16.4. The molecule has 0 fully saturated rings. The molecule has 4 heteroatoms. The molecule has 0 heterocycles. The molecule has 0 saturated carbocycles. The van der Waals surface area contributed by atoms with Gasteiger partial charge in [0.1, 0.15) is 11.6 Å². The first-order valence-corrected chi connectivity index (χ1v) is 7.23. The highest BCUT2D eigenvalue weighted by Crippen LogP contribution is 2.27. The van der Waals surface area contributed by atoms with Gasteiger partial charge in [-0.15, -0.1) is 0 Å². The van der Waals surface area contributed by atoms with Gasteiger partial charge in [-0.2, -0.15) is 0 Å². The first-order chi connectivity index (χ1) is 11.1. The summed E-state index contributed by atoms with van der Waals surface area (Å²) in [4.78, 5) is 12.5. The Balaban J connectivity index is 1.97. The van der Waals surface area contributed by atoms with Crippen LogP contribution in [0, 0.1) is 12.7 Å². The van der Waals surface area contributed by atoms with Gasteiger partial charge in [0.2, 0.25) is 0 Å². The van der Waals surface area contributed by atoms with Gasteiger partial charge in [0, 0.05) is 5.69 Å². The molecule has 0 aliphatic carbocycles. The highest BCUT2D eigenvalue weighted by atomic mass is 19.1. The predicted molar refractivity (Wildman–Crippen MR) is 89.6 cm³/mol. The van der Waals surface area contributed by atoms with Gasteiger partial charge >= 0.3 is 0 Å². The summed E-state index contributed by atoms with van der Waals surface area (Å²) in [6.07, 6.45) is 0. The van der Waals surface area contributed by atoms with Crippen molar-refractivity contribution in [2.75, 3.05) is 12.4 Å². The van der Waals surface area contributed by atoms with Crippen LogP contribution in [0.15, 0.2) is 54.6 Å². The van der Waals surface area contributed by atoms with Gasteiger partial charge in [-0.25, -0.2) is 4.39 Å². The number of amides is 1. The van der Waals surface area contributed by atoms with Crippen LogP contribution in [0.1, 0.15) is 15.9 Å². The largest absolute Gasteiger partial charge is 0.496 e. The number of ether oxygens (including phenoxy) is 1. The van der Waals surface area contributed by atoms with E-state index in [1.165, 1.54) is 13.2 Å². The molecule has 3 nitrogen and oxygen atoms in total. The maximum absolute atomic E-state index is 13.6. The zero-order valence-corrected chi connectivity index (χ0v) is 12.9. The summed E-state index contributed by atoms with van der Waals surface area (Å²) in [5.74, 6) is -0.210. The second-order valence-electron chi connectivity index (χ2n) is 5.32. The van der Waals surface area contributed by atoms with E-state index in [1.54, 1.807) is 25.1 Å². The van der Waals surface area contributed by atoms with Crippen molar-refractivity contribution in [3.8, 4) is 5.75 Å². The van der Waals surface area contributed by atoms with Crippen molar-refractivity contribution in [1.29, 1.82) is 0 Å². The third-order valence-electron chi connectivity index (χ3n) is 3.74. The smallest absolute Gasteiger partial charge is 0.259 e. The van der Waals surface area contributed by atoms with E-state index < -0.39 is 0 Å². The van der Waals surface area contributed by atoms with Crippen LogP contribution in [0.4, 0.5) is 10.1 Å². The number of aryl methyl sites for hydroxylation is 1. The van der Waals surface area contributed by atoms with E-state index >= 15 is 0 Å². The molecule has 23 heavy (non-hydrogen) atoms. The van der Waals surface area contributed by atoms with Gasteiger partial charge < -0.3 is 10.1 Å². The van der Waals surface area contributed by atoms with Gasteiger partial charge in [0.05, 0.1) is 12.7 Å². The van der Waals surface area contributed by atoms with Crippen molar-refractivity contribution in [2.24, 2.45) is 0 Å². The van der Waals surface area contributed by atoms with Gasteiger partial charge in [0.25, 0.3) is 5.91 Å². The Morgan fingerprint density at radius 2 is 1.74 bits per heavy atom. The molecule has 3 aromatic carbocycles. The maximum Gasteiger partial charge on any atom is 0.259 e. The minimum atomic E-state index is -0.353. The Morgan fingerprint density at radius 1 is 1.04 bits per heavy atom. The summed E-state index contributed by atoms with van der Waals surface area (Å²) in [6, 6.07) is 15.9. The molecule has 0 radical (unpaired) electrons. The number of nitrogens with one attached hydrogen (secondary N) is 1. The molecule has 0 aliphatic heterocycles. The van der Waals surface area contributed by atoms with Crippen LogP contribution in [0.5, 0.6) is 5.75 Å². The summed E-state index contributed by atoms with van der Waals surface area (Å²) in [5.41, 5.74) is 1.35. The molecule has 0 aromatic heterocycles. The van der Waals surface area contributed by atoms with Gasteiger partial charge in [-0.1, -0.05) is 30.3 Å². The molecule has 1 N–H and O–H groups in total. The van der Waals surface area contributed by atoms with Crippen LogP contribution < -0.4 is 10.1 Å². The molecule has 3 rings (SSSR count). The molecular formula is C19H16FNO2. The van der Waals surface area contributed by atoms with Crippen molar-refractivity contribution in [3.05, 3.63) is 71.5 Å². The number of carbonyl (C=O) groups excluding carboxylic acids is 1. The predicted octanol–water partition coefficient (Wildman–Crippen LogP) is 4.55. The standard InChI is InChI=1S/C19H16FNO2/c1-12-7-8-15(11-17(12)20)21-19(22)16-9-13-5-3-4-6-14(13)10-18(16)23-2/h3-11H,1-2H3,(H,21,22). The number of rotatable bonds is 3. The average molecular weight is 309 g/mol. The third-order valence-corrected chi connectivity index (χ3v) is 3.74. The monoisotopic (exact) mass is 309 g/mol. The summed E-state index contributed by atoms with van der Waals surface area (Å²) in [6.45, 7) is 1.67. The van der Waals surface area contributed by atoms with E-state index in [0.29, 0.717) is 22.6 Å². The molecule has 116 valence electrons. The fourth-order valence-corrected chi connectivity index (χ4v) is 2.43. The van der Waals surface area contributed by atoms with Crippen molar-refractivity contribution in [2.45, 2.75) is 6.92 Å². The summed E-state index contributed by atoms with van der Waals surface area (Å²) in [7, 11) is 1.52. The number of hydrogen-bond donors (Lipinski definition) is 1. The van der Waals surface area contributed by atoms with Crippen LogP contribution in [-0.4, -0.2) is 13.0 Å². The second kappa shape index (κ2) is 6.08. The average Bonchev–Trinajstić information content (AvgIpc) is 2.57. The zero-order valence-electron chi connectivity index (χ0n) is 12.9. The van der Waals surface area contributed by atoms with Crippen LogP contribution in [0.25, 0.3) is 10.8 Å². The highest BCUT2D eigenvalue weighted by Gasteiger charge is 2.14. The van der Waals surface area contributed by atoms with Crippen LogP contribution in [0.2, 0.25) is 0 Å². The first-order valence-electron chi connectivity index (χ1n) is 7.23. The van der Waals surface area contributed by atoms with E-state index in [2.05, 4.69) is 5.32 Å². The van der Waals surface area contributed by atoms with E-state index in [0.717, 1.165) is 10.8 Å². The van der Waals surface area contributed by atoms with Crippen molar-refractivity contribution >= 4 is 22.4 Å². The van der Waals surface area contributed by atoms with Crippen molar-refractivity contribution in [1.82, 2.24) is 0 Å². The Labute approximate surface area is 133 Å². The summed E-state index contributed by atoms with van der Waals surface area (Å²) >= 11 is 0. The third kappa shape index (κ3) is 3.01. The minimum absolute atomic E-state index is 0.337. The van der Waals surface area contributed by atoms with Crippen LogP contribution in [0.3, 0.4) is 0 Å². The lowest BCUT2D eigenvalue weighted by atomic mass is 10.1. The quantitative estimate of drug-likeness (QED) is 0.771. The minimum Gasteiger partial charge on any atom is -0.496 e. The van der Waals surface area contributed by atoms with E-state index in [9.17, 15) is 9.18 Å². The normalized spacial score (nSPS) is 10.6. The van der Waals surface area contributed by atoms with Crippen LogP contribution in [-0.2, 0) is 0 Å². The van der Waals surface area contributed by atoms with Gasteiger partial charge in [0.15, 0.2) is 0 Å². The Morgan fingerprint density at radius 3 is 2.39 bits per heavy atom. The fourth-order valence-electron chi connectivity index (χ4n) is 2.43. The molecule has 0 unspecified atom stereocenters. The molecular weight excluding hydrogens is 293 g/mol. The summed E-state index contributed by atoms with van der Waals surface area (Å²) in [5, 5.41) is 4.63. The Kier molecular flexibility index (Phi) is 3.98. The first kappa shape index (κ1) is 15.0. The molecule has 0 spiro atoms. The number of methoxy groups -OCH3 is 1. The van der Waals surface area contributed by atoms with E-state index in [1.807, 2.05) is 30.3 Å². The van der Waals surface area contributed by atoms with Gasteiger partial charge in [-0.05, 0) is 47.5 Å². The SMILES string of the molecule is COc1cc2ccccc2cc1C(=O)Nc1ccc(C)c(F)c1. The summed E-state index contributed by atoms with van der Waals surface area (Å²) < 4.78 is 18.9. The Hall–Kier alpha value is -2.88. The molecule has 3 aromatic rings. The highest BCUT2D eigenvalue weighted by molar-refractivity contribution is 6.08. The molecule has 0 aliphatic rings. The molecule has 0 bridgehead atoms. The number of fused-ring (bicyclic) bond motifs is 1. The number of anilines is 1. The van der Waals surface area contributed by atoms with Gasteiger partial charge in [-0.3, -0.25) is 4.79 Å². The number of benzene rings is 3. The maximum atomic E-state index is 13.6. The lowest BCUT2D eigenvalue weighted by Crippen LogP contribution is -2.13. The number of hydrogen-bond acceptors (Lipinski definition) is 2. The lowest BCUT2D eigenvalue weighted by Gasteiger charge is -2.11. The lowest BCUT2D eigenvalue weighted by molar-refractivity contribution is 0.102. The fraction of sp³-hybridized carbons (Fsp3) is 0.105. The number of halogens is 1. The molecule has 0 atom stereocenters. The van der Waals surface area contributed by atoms with Crippen molar-refractivity contribution in [3.63, 3.8) is 0 Å². The van der Waals surface area contributed by atoms with E-state index in [-0.39, 0.29) is 11.7 Å². The number of carbonyl (C=O) groups is 1. The second-order valence-corrected chi connectivity index (χ2v) is 5.32. The van der Waals surface area contributed by atoms with Crippen LogP contribution >= 0.6 is 0 Å². The Bertz CT molecular complexity index is 890. The topological polar surface area (TPSA) is 38.3 Å².